The number of nitriles is 1. The zero-order valence-electron chi connectivity index (χ0n) is 8.53. The van der Waals surface area contributed by atoms with E-state index in [0.29, 0.717) is 18.8 Å². The maximum absolute atomic E-state index is 11.2. The Morgan fingerprint density at radius 3 is 3.13 bits per heavy atom. The molecule has 80 valence electrons. The number of anilines is 1. The Bertz CT molecular complexity index is 365. The summed E-state index contributed by atoms with van der Waals surface area (Å²) in [6.45, 7) is 0.557. The number of hydrogen-bond donors (Lipinski definition) is 2. The highest BCUT2D eigenvalue weighted by molar-refractivity contribution is 5.80. The quantitative estimate of drug-likeness (QED) is 0.658. The molecule has 0 aliphatic rings. The SMILES string of the molecule is Cn1ccc(NCC(=O)NCCC#N)n1. The average Bonchev–Trinajstić information content (AvgIpc) is 2.62. The van der Waals surface area contributed by atoms with E-state index in [1.807, 2.05) is 6.07 Å². The number of nitrogens with one attached hydrogen (secondary N) is 2. The number of rotatable bonds is 5. The van der Waals surface area contributed by atoms with Gasteiger partial charge in [-0.15, -0.1) is 0 Å². The third-order valence-corrected chi connectivity index (χ3v) is 1.70. The summed E-state index contributed by atoms with van der Waals surface area (Å²) in [4.78, 5) is 11.2. The first-order chi connectivity index (χ1) is 7.22. The van der Waals surface area contributed by atoms with Crippen LogP contribution in [0.4, 0.5) is 5.82 Å². The lowest BCUT2D eigenvalue weighted by Gasteiger charge is -2.03. The van der Waals surface area contributed by atoms with Crippen LogP contribution in [-0.4, -0.2) is 28.8 Å². The van der Waals surface area contributed by atoms with Gasteiger partial charge in [0.2, 0.25) is 5.91 Å². The van der Waals surface area contributed by atoms with Gasteiger partial charge in [-0.2, -0.15) is 10.4 Å². The maximum atomic E-state index is 11.2. The summed E-state index contributed by atoms with van der Waals surface area (Å²) >= 11 is 0. The Labute approximate surface area is 87.9 Å². The van der Waals surface area contributed by atoms with Gasteiger partial charge in [0.15, 0.2) is 0 Å². The first-order valence-corrected chi connectivity index (χ1v) is 4.59. The predicted molar refractivity (Wildman–Crippen MR) is 54.9 cm³/mol. The molecule has 0 aliphatic heterocycles. The van der Waals surface area contributed by atoms with Crippen molar-refractivity contribution in [1.29, 1.82) is 5.26 Å². The van der Waals surface area contributed by atoms with Gasteiger partial charge in [0.05, 0.1) is 19.0 Å². The molecule has 0 saturated carbocycles. The zero-order valence-corrected chi connectivity index (χ0v) is 8.53. The van der Waals surface area contributed by atoms with Crippen LogP contribution in [0.1, 0.15) is 6.42 Å². The molecule has 2 N–H and O–H groups in total. The standard InChI is InChI=1S/C9H13N5O/c1-14-6-3-8(13-14)12-7-9(15)11-5-2-4-10/h3,6H,2,5,7H2,1H3,(H,11,15)(H,12,13). The Morgan fingerprint density at radius 2 is 2.53 bits per heavy atom. The van der Waals surface area contributed by atoms with Gasteiger partial charge in [0, 0.05) is 25.9 Å². The highest BCUT2D eigenvalue weighted by Crippen LogP contribution is 1.98. The van der Waals surface area contributed by atoms with Crippen LogP contribution in [0.25, 0.3) is 0 Å². The lowest BCUT2D eigenvalue weighted by molar-refractivity contribution is -0.119. The molecule has 1 aromatic rings. The molecule has 6 nitrogen and oxygen atoms in total. The number of carbonyl (C=O) groups is 1. The minimum atomic E-state index is -0.143. The molecular formula is C9H13N5O. The van der Waals surface area contributed by atoms with Gasteiger partial charge in [-0.25, -0.2) is 0 Å². The lowest BCUT2D eigenvalue weighted by atomic mass is 10.4. The summed E-state index contributed by atoms with van der Waals surface area (Å²) in [5.74, 6) is 0.517. The highest BCUT2D eigenvalue weighted by Gasteiger charge is 2.01. The number of carbonyl (C=O) groups excluding carboxylic acids is 1. The second kappa shape index (κ2) is 5.65. The highest BCUT2D eigenvalue weighted by atomic mass is 16.1. The summed E-state index contributed by atoms with van der Waals surface area (Å²) in [6.07, 6.45) is 2.12. The van der Waals surface area contributed by atoms with Crippen molar-refractivity contribution >= 4 is 11.7 Å². The molecule has 0 aliphatic carbocycles. The molecule has 0 radical (unpaired) electrons. The number of aryl methyl sites for hydroxylation is 1. The van der Waals surface area contributed by atoms with Crippen LogP contribution in [0.5, 0.6) is 0 Å². The summed E-state index contributed by atoms with van der Waals surface area (Å²) in [5, 5.41) is 17.8. The van der Waals surface area contributed by atoms with E-state index in [9.17, 15) is 4.79 Å². The minimum Gasteiger partial charge on any atom is -0.360 e. The van der Waals surface area contributed by atoms with Gasteiger partial charge < -0.3 is 10.6 Å². The normalized spacial score (nSPS) is 9.33. The van der Waals surface area contributed by atoms with E-state index in [4.69, 9.17) is 5.26 Å². The molecule has 0 bridgehead atoms. The van der Waals surface area contributed by atoms with E-state index in [2.05, 4.69) is 15.7 Å². The van der Waals surface area contributed by atoms with Crippen LogP contribution in [0.2, 0.25) is 0 Å². The lowest BCUT2D eigenvalue weighted by Crippen LogP contribution is -2.30. The van der Waals surface area contributed by atoms with Crippen molar-refractivity contribution in [2.45, 2.75) is 6.42 Å². The van der Waals surface area contributed by atoms with Crippen LogP contribution in [-0.2, 0) is 11.8 Å². The Balaban J connectivity index is 2.20. The average molecular weight is 207 g/mol. The van der Waals surface area contributed by atoms with E-state index in [1.165, 1.54) is 0 Å². The number of aromatic nitrogens is 2. The van der Waals surface area contributed by atoms with E-state index in [-0.39, 0.29) is 12.5 Å². The van der Waals surface area contributed by atoms with Gasteiger partial charge in [-0.05, 0) is 0 Å². The minimum absolute atomic E-state index is 0.143. The molecule has 15 heavy (non-hydrogen) atoms. The summed E-state index contributed by atoms with van der Waals surface area (Å²) in [5.41, 5.74) is 0. The Hall–Kier alpha value is -2.03. The van der Waals surface area contributed by atoms with E-state index >= 15 is 0 Å². The Kier molecular flexibility index (Phi) is 4.16. The van der Waals surface area contributed by atoms with Crippen molar-refractivity contribution in [3.8, 4) is 6.07 Å². The van der Waals surface area contributed by atoms with Crippen LogP contribution in [0.15, 0.2) is 12.3 Å². The fraction of sp³-hybridized carbons (Fsp3) is 0.444. The smallest absolute Gasteiger partial charge is 0.239 e. The first kappa shape index (κ1) is 11.0. The first-order valence-electron chi connectivity index (χ1n) is 4.59. The van der Waals surface area contributed by atoms with Crippen molar-refractivity contribution in [2.75, 3.05) is 18.4 Å². The van der Waals surface area contributed by atoms with Crippen LogP contribution >= 0.6 is 0 Å². The molecule has 0 spiro atoms. The molecule has 0 fully saturated rings. The molecule has 0 atom stereocenters. The topological polar surface area (TPSA) is 82.7 Å². The molecule has 0 aromatic carbocycles. The monoisotopic (exact) mass is 207 g/mol. The van der Waals surface area contributed by atoms with Crippen LogP contribution < -0.4 is 10.6 Å². The van der Waals surface area contributed by atoms with Crippen molar-refractivity contribution in [2.24, 2.45) is 7.05 Å². The predicted octanol–water partition coefficient (Wildman–Crippen LogP) is -0.138. The molecule has 1 heterocycles. The molecule has 1 amide bonds. The molecule has 1 rings (SSSR count). The van der Waals surface area contributed by atoms with E-state index in [0.717, 1.165) is 0 Å². The summed E-state index contributed by atoms with van der Waals surface area (Å²) < 4.78 is 1.65. The number of amides is 1. The van der Waals surface area contributed by atoms with Crippen LogP contribution in [0, 0.1) is 11.3 Å². The molecular weight excluding hydrogens is 194 g/mol. The summed E-state index contributed by atoms with van der Waals surface area (Å²) in [6, 6.07) is 3.73. The van der Waals surface area contributed by atoms with Gasteiger partial charge in [-0.1, -0.05) is 0 Å². The van der Waals surface area contributed by atoms with Gasteiger partial charge in [0.25, 0.3) is 0 Å². The zero-order chi connectivity index (χ0) is 11.1. The van der Waals surface area contributed by atoms with Crippen LogP contribution in [0.3, 0.4) is 0 Å². The van der Waals surface area contributed by atoms with Crippen molar-refractivity contribution in [3.05, 3.63) is 12.3 Å². The number of nitrogens with zero attached hydrogens (tertiary/aromatic N) is 3. The number of hydrogen-bond acceptors (Lipinski definition) is 4. The Morgan fingerprint density at radius 1 is 1.73 bits per heavy atom. The van der Waals surface area contributed by atoms with Gasteiger partial charge >= 0.3 is 0 Å². The van der Waals surface area contributed by atoms with Gasteiger partial charge in [-0.3, -0.25) is 9.48 Å². The second-order valence-corrected chi connectivity index (χ2v) is 2.99. The largest absolute Gasteiger partial charge is 0.360 e. The molecule has 6 heteroatoms. The molecule has 1 aromatic heterocycles. The molecule has 0 saturated heterocycles. The van der Waals surface area contributed by atoms with Crippen molar-refractivity contribution < 1.29 is 4.79 Å². The fourth-order valence-electron chi connectivity index (χ4n) is 1.00. The fourth-order valence-corrected chi connectivity index (χ4v) is 1.00. The summed E-state index contributed by atoms with van der Waals surface area (Å²) in [7, 11) is 1.80. The third kappa shape index (κ3) is 4.13. The second-order valence-electron chi connectivity index (χ2n) is 2.99. The van der Waals surface area contributed by atoms with E-state index < -0.39 is 0 Å². The van der Waals surface area contributed by atoms with Crippen molar-refractivity contribution in [3.63, 3.8) is 0 Å². The van der Waals surface area contributed by atoms with Gasteiger partial charge in [0.1, 0.15) is 5.82 Å². The maximum Gasteiger partial charge on any atom is 0.239 e. The molecule has 0 unspecified atom stereocenters. The van der Waals surface area contributed by atoms with E-state index in [1.54, 1.807) is 24.0 Å². The third-order valence-electron chi connectivity index (χ3n) is 1.70. The van der Waals surface area contributed by atoms with Crippen molar-refractivity contribution in [1.82, 2.24) is 15.1 Å².